The van der Waals surface area contributed by atoms with Gasteiger partial charge < -0.3 is 14.8 Å². The van der Waals surface area contributed by atoms with Crippen molar-refractivity contribution in [2.45, 2.75) is 0 Å². The smallest absolute Gasteiger partial charge is 0.335 e. The standard InChI is InChI=1S/C24H17N3O4/c1-31-17-12-8-14(9-13-17)21-20-22(18-4-2-3-5-19(18)25-21)26-27(23(20)28)16-10-6-15(7-11-16)24(29)30/h2-13,25H,1H3,(H,29,30). The lowest BCUT2D eigenvalue weighted by Gasteiger charge is -2.11. The number of pyridine rings is 1. The molecule has 0 radical (unpaired) electrons. The molecule has 0 spiro atoms. The molecule has 0 fully saturated rings. The van der Waals surface area contributed by atoms with Gasteiger partial charge in [0.25, 0.3) is 5.56 Å². The molecule has 3 aromatic carbocycles. The Morgan fingerprint density at radius 2 is 1.71 bits per heavy atom. The van der Waals surface area contributed by atoms with Gasteiger partial charge in [0.15, 0.2) is 0 Å². The first kappa shape index (κ1) is 18.6. The van der Waals surface area contributed by atoms with Crippen LogP contribution in [0.15, 0.2) is 77.6 Å². The number of para-hydroxylation sites is 1. The zero-order valence-electron chi connectivity index (χ0n) is 16.5. The van der Waals surface area contributed by atoms with Gasteiger partial charge in [0.05, 0.1) is 29.6 Å². The summed E-state index contributed by atoms with van der Waals surface area (Å²) >= 11 is 0. The summed E-state index contributed by atoms with van der Waals surface area (Å²) in [5, 5.41) is 14.6. The average molecular weight is 411 g/mol. The number of aromatic amines is 1. The predicted octanol–water partition coefficient (Wildman–Crippen LogP) is 4.19. The van der Waals surface area contributed by atoms with E-state index in [1.54, 1.807) is 19.2 Å². The van der Waals surface area contributed by atoms with Crippen LogP contribution in [0.2, 0.25) is 0 Å². The number of H-pyrrole nitrogens is 1. The van der Waals surface area contributed by atoms with Gasteiger partial charge in [0, 0.05) is 10.9 Å². The van der Waals surface area contributed by atoms with E-state index in [2.05, 4.69) is 10.1 Å². The van der Waals surface area contributed by atoms with Gasteiger partial charge in [-0.15, -0.1) is 0 Å². The van der Waals surface area contributed by atoms with Gasteiger partial charge in [-0.1, -0.05) is 18.2 Å². The number of methoxy groups -OCH3 is 1. The first-order valence-corrected chi connectivity index (χ1v) is 9.59. The van der Waals surface area contributed by atoms with Gasteiger partial charge in [0.1, 0.15) is 11.4 Å². The number of carboxylic acids is 1. The van der Waals surface area contributed by atoms with E-state index in [1.807, 2.05) is 48.5 Å². The second-order valence-electron chi connectivity index (χ2n) is 7.07. The van der Waals surface area contributed by atoms with Crippen LogP contribution in [0.5, 0.6) is 5.75 Å². The number of nitrogens with one attached hydrogen (secondary N) is 1. The first-order chi connectivity index (χ1) is 15.1. The molecule has 0 aliphatic carbocycles. The molecular weight excluding hydrogens is 394 g/mol. The number of hydrogen-bond donors (Lipinski definition) is 2. The minimum absolute atomic E-state index is 0.144. The second-order valence-corrected chi connectivity index (χ2v) is 7.07. The Morgan fingerprint density at radius 1 is 1.00 bits per heavy atom. The highest BCUT2D eigenvalue weighted by Gasteiger charge is 2.24. The summed E-state index contributed by atoms with van der Waals surface area (Å²) in [5.41, 5.74) is 3.74. The zero-order valence-corrected chi connectivity index (χ0v) is 16.5. The maximum atomic E-state index is 13.4. The summed E-state index contributed by atoms with van der Waals surface area (Å²) in [5.74, 6) is -0.306. The highest BCUT2D eigenvalue weighted by Crippen LogP contribution is 2.35. The van der Waals surface area contributed by atoms with Gasteiger partial charge in [-0.3, -0.25) is 4.79 Å². The van der Waals surface area contributed by atoms with Crippen LogP contribution in [0, 0.1) is 0 Å². The Morgan fingerprint density at radius 3 is 2.39 bits per heavy atom. The van der Waals surface area contributed by atoms with Crippen LogP contribution >= 0.6 is 0 Å². The van der Waals surface area contributed by atoms with Crippen LogP contribution in [-0.4, -0.2) is 33.0 Å². The molecule has 0 unspecified atom stereocenters. The molecule has 2 aliphatic heterocycles. The molecule has 7 heteroatoms. The van der Waals surface area contributed by atoms with Gasteiger partial charge >= 0.3 is 5.97 Å². The maximum absolute atomic E-state index is 13.4. The maximum Gasteiger partial charge on any atom is 0.335 e. The third kappa shape index (κ3) is 3.03. The molecule has 0 amide bonds. The van der Waals surface area contributed by atoms with Crippen LogP contribution in [0.25, 0.3) is 39.1 Å². The molecule has 31 heavy (non-hydrogen) atoms. The Balaban J connectivity index is 1.79. The molecule has 2 N–H and O–H groups in total. The fourth-order valence-corrected chi connectivity index (χ4v) is 3.71. The molecule has 0 saturated heterocycles. The van der Waals surface area contributed by atoms with E-state index < -0.39 is 5.97 Å². The summed E-state index contributed by atoms with van der Waals surface area (Å²) in [4.78, 5) is 28.0. The van der Waals surface area contributed by atoms with Crippen molar-refractivity contribution in [3.63, 3.8) is 0 Å². The average Bonchev–Trinajstić information content (AvgIpc) is 3.16. The molecule has 3 aromatic rings. The zero-order chi connectivity index (χ0) is 21.5. The van der Waals surface area contributed by atoms with E-state index in [9.17, 15) is 9.59 Å². The Bertz CT molecular complexity index is 1450. The van der Waals surface area contributed by atoms with Gasteiger partial charge in [-0.25, -0.2) is 4.79 Å². The lowest BCUT2D eigenvalue weighted by Crippen LogP contribution is -2.15. The highest BCUT2D eigenvalue weighted by atomic mass is 16.5. The number of rotatable bonds is 4. The minimum Gasteiger partial charge on any atom is -0.497 e. The number of carbonyl (C=O) groups is 1. The topological polar surface area (TPSA) is 97.2 Å². The normalized spacial score (nSPS) is 11.1. The molecule has 2 aliphatic rings. The highest BCUT2D eigenvalue weighted by molar-refractivity contribution is 5.99. The second kappa shape index (κ2) is 7.14. The minimum atomic E-state index is -1.03. The monoisotopic (exact) mass is 411 g/mol. The number of benzene rings is 3. The molecule has 0 saturated carbocycles. The number of hydrogen-bond acceptors (Lipinski definition) is 4. The van der Waals surface area contributed by atoms with E-state index in [0.717, 1.165) is 22.2 Å². The number of fused-ring (bicyclic) bond motifs is 3. The molecule has 152 valence electrons. The number of carboxylic acid groups (broad SMARTS) is 1. The number of nitrogens with zero attached hydrogens (tertiary/aromatic N) is 2. The fourth-order valence-electron chi connectivity index (χ4n) is 3.71. The van der Waals surface area contributed by atoms with Gasteiger partial charge in [-0.05, 0) is 60.2 Å². The van der Waals surface area contributed by atoms with E-state index in [0.29, 0.717) is 22.6 Å². The number of aromatic nitrogens is 3. The van der Waals surface area contributed by atoms with Crippen molar-refractivity contribution in [3.05, 3.63) is 88.7 Å². The lowest BCUT2D eigenvalue weighted by atomic mass is 10.00. The third-order valence-corrected chi connectivity index (χ3v) is 5.27. The largest absolute Gasteiger partial charge is 0.497 e. The number of aromatic carboxylic acids is 1. The molecular formula is C24H17N3O4. The van der Waals surface area contributed by atoms with E-state index in [-0.39, 0.29) is 11.1 Å². The molecule has 0 atom stereocenters. The van der Waals surface area contributed by atoms with Crippen LogP contribution < -0.4 is 10.3 Å². The van der Waals surface area contributed by atoms with Crippen LogP contribution in [0.1, 0.15) is 10.4 Å². The van der Waals surface area contributed by atoms with Crippen molar-refractivity contribution in [1.82, 2.24) is 14.8 Å². The third-order valence-electron chi connectivity index (χ3n) is 5.27. The summed E-state index contributed by atoms with van der Waals surface area (Å²) in [6, 6.07) is 21.2. The van der Waals surface area contributed by atoms with Crippen LogP contribution in [0.4, 0.5) is 0 Å². The SMILES string of the molecule is COc1ccc(-c2[nH]c3ccccc3c3nn(-c4ccc(C(=O)O)cc4)c(=O)c2-3)cc1. The Hall–Kier alpha value is -4.39. The first-order valence-electron chi connectivity index (χ1n) is 9.59. The van der Waals surface area contributed by atoms with Crippen molar-refractivity contribution in [2.24, 2.45) is 0 Å². The molecule has 0 bridgehead atoms. The Labute approximate surface area is 176 Å². The van der Waals surface area contributed by atoms with Gasteiger partial charge in [-0.2, -0.15) is 9.78 Å². The summed E-state index contributed by atoms with van der Waals surface area (Å²) < 4.78 is 6.55. The van der Waals surface area contributed by atoms with Crippen LogP contribution in [0.3, 0.4) is 0 Å². The molecule has 2 heterocycles. The van der Waals surface area contributed by atoms with Gasteiger partial charge in [0.2, 0.25) is 0 Å². The molecule has 5 rings (SSSR count). The van der Waals surface area contributed by atoms with Crippen molar-refractivity contribution >= 4 is 16.9 Å². The fraction of sp³-hybridized carbons (Fsp3) is 0.0417. The number of ether oxygens (including phenoxy) is 1. The van der Waals surface area contributed by atoms with E-state index >= 15 is 0 Å². The van der Waals surface area contributed by atoms with Crippen molar-refractivity contribution in [1.29, 1.82) is 0 Å². The summed E-state index contributed by atoms with van der Waals surface area (Å²) in [7, 11) is 1.60. The van der Waals surface area contributed by atoms with Crippen molar-refractivity contribution < 1.29 is 14.6 Å². The molecule has 0 aromatic heterocycles. The Kier molecular flexibility index (Phi) is 4.29. The summed E-state index contributed by atoms with van der Waals surface area (Å²) in [6.07, 6.45) is 0. The quantitative estimate of drug-likeness (QED) is 0.462. The van der Waals surface area contributed by atoms with E-state index in [1.165, 1.54) is 16.8 Å². The van der Waals surface area contributed by atoms with Crippen LogP contribution in [-0.2, 0) is 0 Å². The predicted molar refractivity (Wildman–Crippen MR) is 117 cm³/mol. The summed E-state index contributed by atoms with van der Waals surface area (Å²) in [6.45, 7) is 0. The van der Waals surface area contributed by atoms with Crippen molar-refractivity contribution in [3.8, 4) is 34.0 Å². The lowest BCUT2D eigenvalue weighted by molar-refractivity contribution is 0.0697. The van der Waals surface area contributed by atoms with E-state index in [4.69, 9.17) is 9.84 Å². The molecule has 7 nitrogen and oxygen atoms in total. The van der Waals surface area contributed by atoms with Crippen molar-refractivity contribution in [2.75, 3.05) is 7.11 Å².